The Kier molecular flexibility index (Phi) is 4.84. The van der Waals surface area contributed by atoms with Crippen molar-refractivity contribution in [1.29, 1.82) is 0 Å². The first-order valence-corrected chi connectivity index (χ1v) is 8.95. The molecule has 0 saturated carbocycles. The molecule has 134 valence electrons. The zero-order valence-electron chi connectivity index (χ0n) is 14.5. The fourth-order valence-electron chi connectivity index (χ4n) is 3.15. The summed E-state index contributed by atoms with van der Waals surface area (Å²) in [5.41, 5.74) is 2.55. The highest BCUT2D eigenvalue weighted by molar-refractivity contribution is 5.94. The molecule has 26 heavy (non-hydrogen) atoms. The minimum atomic E-state index is -0.0934. The Balaban J connectivity index is 1.33. The van der Waals surface area contributed by atoms with Crippen LogP contribution < -0.4 is 15.4 Å². The standard InChI is InChI=1S/C20H22N4O2/c25-20(23-13-15-1-6-19-22-11-12-24(19)14-15)16-2-4-17(5-3-16)26-18-7-9-21-10-8-18/h1-6,11-12,14,18,21H,7-10,13H2,(H,23,25). The summed E-state index contributed by atoms with van der Waals surface area (Å²) in [7, 11) is 0. The van der Waals surface area contributed by atoms with Crippen LogP contribution in [0.1, 0.15) is 28.8 Å². The molecule has 2 aromatic heterocycles. The molecule has 3 heterocycles. The number of imidazole rings is 1. The molecule has 2 N–H and O–H groups in total. The number of rotatable bonds is 5. The monoisotopic (exact) mass is 350 g/mol. The van der Waals surface area contributed by atoms with Gasteiger partial charge in [-0.3, -0.25) is 4.79 Å². The first-order valence-electron chi connectivity index (χ1n) is 8.95. The van der Waals surface area contributed by atoms with Crippen molar-refractivity contribution < 1.29 is 9.53 Å². The van der Waals surface area contributed by atoms with Crippen molar-refractivity contribution in [1.82, 2.24) is 20.0 Å². The molecule has 0 unspecified atom stereocenters. The van der Waals surface area contributed by atoms with E-state index in [1.807, 2.05) is 53.2 Å². The number of carbonyl (C=O) groups is 1. The van der Waals surface area contributed by atoms with E-state index in [-0.39, 0.29) is 12.0 Å². The molecule has 1 aliphatic rings. The van der Waals surface area contributed by atoms with Crippen molar-refractivity contribution in [3.05, 3.63) is 66.1 Å². The summed E-state index contributed by atoms with van der Waals surface area (Å²) >= 11 is 0. The summed E-state index contributed by atoms with van der Waals surface area (Å²) in [5.74, 6) is 0.725. The molecule has 1 amide bonds. The van der Waals surface area contributed by atoms with Crippen LogP contribution in [-0.2, 0) is 6.54 Å². The molecule has 4 rings (SSSR count). The third kappa shape index (κ3) is 3.86. The van der Waals surface area contributed by atoms with Gasteiger partial charge in [0.2, 0.25) is 0 Å². The molecule has 0 radical (unpaired) electrons. The van der Waals surface area contributed by atoms with Crippen LogP contribution in [0.2, 0.25) is 0 Å². The second-order valence-electron chi connectivity index (χ2n) is 6.50. The number of nitrogens with zero attached hydrogens (tertiary/aromatic N) is 2. The summed E-state index contributed by atoms with van der Waals surface area (Å²) in [6, 6.07) is 11.3. The van der Waals surface area contributed by atoms with Gasteiger partial charge in [-0.05, 0) is 61.8 Å². The number of amides is 1. The summed E-state index contributed by atoms with van der Waals surface area (Å²) in [6.07, 6.45) is 7.91. The van der Waals surface area contributed by atoms with Gasteiger partial charge in [-0.25, -0.2) is 4.98 Å². The van der Waals surface area contributed by atoms with E-state index < -0.39 is 0 Å². The lowest BCUT2D eigenvalue weighted by molar-refractivity contribution is 0.0951. The van der Waals surface area contributed by atoms with Crippen LogP contribution in [0.15, 0.2) is 55.0 Å². The lowest BCUT2D eigenvalue weighted by atomic mass is 10.1. The van der Waals surface area contributed by atoms with Gasteiger partial charge in [0.25, 0.3) is 5.91 Å². The molecule has 1 aromatic carbocycles. The van der Waals surface area contributed by atoms with Gasteiger partial charge >= 0.3 is 0 Å². The van der Waals surface area contributed by atoms with Crippen LogP contribution in [0.25, 0.3) is 5.65 Å². The van der Waals surface area contributed by atoms with Crippen LogP contribution in [0.5, 0.6) is 5.75 Å². The molecule has 0 spiro atoms. The predicted molar refractivity (Wildman–Crippen MR) is 99.3 cm³/mol. The van der Waals surface area contributed by atoms with Crippen molar-refractivity contribution in [3.8, 4) is 5.75 Å². The third-order valence-corrected chi connectivity index (χ3v) is 4.61. The molecule has 3 aromatic rings. The van der Waals surface area contributed by atoms with Gasteiger partial charge in [0, 0.05) is 30.7 Å². The number of carbonyl (C=O) groups excluding carboxylic acids is 1. The predicted octanol–water partition coefficient (Wildman–Crippen LogP) is 2.40. The van der Waals surface area contributed by atoms with E-state index in [1.54, 1.807) is 6.20 Å². The van der Waals surface area contributed by atoms with E-state index in [1.165, 1.54) is 0 Å². The third-order valence-electron chi connectivity index (χ3n) is 4.61. The summed E-state index contributed by atoms with van der Waals surface area (Å²) < 4.78 is 7.91. The number of aromatic nitrogens is 2. The molecule has 1 fully saturated rings. The van der Waals surface area contributed by atoms with Gasteiger partial charge in [-0.15, -0.1) is 0 Å². The van der Waals surface area contributed by atoms with E-state index in [4.69, 9.17) is 4.74 Å². The Bertz CT molecular complexity index is 882. The number of hydrogen-bond donors (Lipinski definition) is 2. The molecule has 0 aliphatic carbocycles. The van der Waals surface area contributed by atoms with Crippen LogP contribution in [0, 0.1) is 0 Å². The lowest BCUT2D eigenvalue weighted by Crippen LogP contribution is -2.34. The maximum Gasteiger partial charge on any atom is 0.251 e. The van der Waals surface area contributed by atoms with Crippen LogP contribution in [0.4, 0.5) is 0 Å². The molecule has 1 saturated heterocycles. The van der Waals surface area contributed by atoms with Crippen molar-refractivity contribution in [2.75, 3.05) is 13.1 Å². The quantitative estimate of drug-likeness (QED) is 0.741. The van der Waals surface area contributed by atoms with Gasteiger partial charge < -0.3 is 19.8 Å². The topological polar surface area (TPSA) is 67.7 Å². The van der Waals surface area contributed by atoms with E-state index >= 15 is 0 Å². The molecule has 0 bridgehead atoms. The highest BCUT2D eigenvalue weighted by Gasteiger charge is 2.14. The lowest BCUT2D eigenvalue weighted by Gasteiger charge is -2.23. The maximum absolute atomic E-state index is 12.4. The summed E-state index contributed by atoms with van der Waals surface area (Å²) in [5, 5.41) is 6.27. The number of hydrogen-bond acceptors (Lipinski definition) is 4. The van der Waals surface area contributed by atoms with Crippen molar-refractivity contribution >= 4 is 11.6 Å². The summed E-state index contributed by atoms with van der Waals surface area (Å²) in [6.45, 7) is 2.46. The zero-order chi connectivity index (χ0) is 17.8. The highest BCUT2D eigenvalue weighted by Crippen LogP contribution is 2.17. The van der Waals surface area contributed by atoms with E-state index in [0.29, 0.717) is 12.1 Å². The fraction of sp³-hybridized carbons (Fsp3) is 0.300. The smallest absolute Gasteiger partial charge is 0.251 e. The summed E-state index contributed by atoms with van der Waals surface area (Å²) in [4.78, 5) is 16.6. The van der Waals surface area contributed by atoms with E-state index in [2.05, 4.69) is 15.6 Å². The fourth-order valence-corrected chi connectivity index (χ4v) is 3.15. The highest BCUT2D eigenvalue weighted by atomic mass is 16.5. The second kappa shape index (κ2) is 7.58. The molecule has 0 atom stereocenters. The maximum atomic E-state index is 12.4. The molecular formula is C20H22N4O2. The average molecular weight is 350 g/mol. The number of fused-ring (bicyclic) bond motifs is 1. The zero-order valence-corrected chi connectivity index (χ0v) is 14.5. The normalized spacial score (nSPS) is 15.1. The Hall–Kier alpha value is -2.86. The number of piperidine rings is 1. The number of ether oxygens (including phenoxy) is 1. The first-order chi connectivity index (χ1) is 12.8. The van der Waals surface area contributed by atoms with Gasteiger partial charge in [-0.1, -0.05) is 6.07 Å². The Labute approximate surface area is 152 Å². The molecule has 6 heteroatoms. The van der Waals surface area contributed by atoms with Crippen LogP contribution in [-0.4, -0.2) is 34.5 Å². The number of pyridine rings is 1. The molecule has 6 nitrogen and oxygen atoms in total. The molecular weight excluding hydrogens is 328 g/mol. The van der Waals surface area contributed by atoms with E-state index in [0.717, 1.165) is 42.9 Å². The van der Waals surface area contributed by atoms with Gasteiger partial charge in [0.1, 0.15) is 17.5 Å². The largest absolute Gasteiger partial charge is 0.490 e. The van der Waals surface area contributed by atoms with Crippen LogP contribution >= 0.6 is 0 Å². The first kappa shape index (κ1) is 16.6. The average Bonchev–Trinajstić information content (AvgIpc) is 3.15. The number of benzene rings is 1. The minimum Gasteiger partial charge on any atom is -0.490 e. The Morgan fingerprint density at radius 1 is 1.19 bits per heavy atom. The van der Waals surface area contributed by atoms with Gasteiger partial charge in [0.05, 0.1) is 0 Å². The van der Waals surface area contributed by atoms with Crippen molar-refractivity contribution in [3.63, 3.8) is 0 Å². The van der Waals surface area contributed by atoms with Crippen molar-refractivity contribution in [2.45, 2.75) is 25.5 Å². The Morgan fingerprint density at radius 3 is 2.81 bits per heavy atom. The second-order valence-corrected chi connectivity index (χ2v) is 6.50. The molecule has 1 aliphatic heterocycles. The number of nitrogens with one attached hydrogen (secondary N) is 2. The van der Waals surface area contributed by atoms with Gasteiger partial charge in [0.15, 0.2) is 0 Å². The van der Waals surface area contributed by atoms with Gasteiger partial charge in [-0.2, -0.15) is 0 Å². The minimum absolute atomic E-state index is 0.0934. The van der Waals surface area contributed by atoms with Crippen LogP contribution in [0.3, 0.4) is 0 Å². The SMILES string of the molecule is O=C(NCc1ccc2nccn2c1)c1ccc(OC2CCNCC2)cc1. The Morgan fingerprint density at radius 2 is 2.00 bits per heavy atom. The van der Waals surface area contributed by atoms with Crippen molar-refractivity contribution in [2.24, 2.45) is 0 Å². The van der Waals surface area contributed by atoms with E-state index in [9.17, 15) is 4.79 Å².